The Labute approximate surface area is 81.0 Å². The number of hydrogen-bond acceptors (Lipinski definition) is 5. The highest BCUT2D eigenvalue weighted by Crippen LogP contribution is 2.25. The molecule has 0 amide bonds. The maximum Gasteiger partial charge on any atom is 0.343 e. The van der Waals surface area contributed by atoms with Gasteiger partial charge in [0.25, 0.3) is 0 Å². The zero-order chi connectivity index (χ0) is 9.97. The first-order valence-electron chi connectivity index (χ1n) is 4.52. The van der Waals surface area contributed by atoms with Crippen molar-refractivity contribution >= 4 is 5.97 Å². The molecule has 5 heteroatoms. The van der Waals surface area contributed by atoms with Gasteiger partial charge in [-0.2, -0.15) is 0 Å². The highest BCUT2D eigenvalue weighted by Gasteiger charge is 2.29. The Morgan fingerprint density at radius 3 is 3.07 bits per heavy atom. The van der Waals surface area contributed by atoms with Crippen molar-refractivity contribution in [2.75, 3.05) is 19.8 Å². The summed E-state index contributed by atoms with van der Waals surface area (Å²) in [5.74, 6) is -0.205. The second-order valence-electron chi connectivity index (χ2n) is 3.07. The topological polar surface area (TPSA) is 61.6 Å². The van der Waals surface area contributed by atoms with Crippen LogP contribution in [0.4, 0.5) is 0 Å². The third-order valence-corrected chi connectivity index (χ3v) is 2.12. The minimum Gasteiger partial charge on any atom is -0.462 e. The molecule has 1 aromatic heterocycles. The summed E-state index contributed by atoms with van der Waals surface area (Å²) in [6.07, 6.45) is 1.33. The van der Waals surface area contributed by atoms with Crippen molar-refractivity contribution in [1.82, 2.24) is 5.16 Å². The standard InChI is InChI=1S/C9H11NO4/c1-2-13-9(11)7-5-14-10-8(7)6-3-12-4-6/h5-6H,2-4H2,1H3. The van der Waals surface area contributed by atoms with Crippen LogP contribution < -0.4 is 0 Å². The van der Waals surface area contributed by atoms with Crippen molar-refractivity contribution < 1.29 is 18.8 Å². The van der Waals surface area contributed by atoms with Crippen LogP contribution in [0.2, 0.25) is 0 Å². The molecule has 2 heterocycles. The van der Waals surface area contributed by atoms with Crippen molar-refractivity contribution in [1.29, 1.82) is 0 Å². The number of carbonyl (C=O) groups excluding carboxylic acids is 1. The Balaban J connectivity index is 2.16. The van der Waals surface area contributed by atoms with Crippen LogP contribution in [0, 0.1) is 0 Å². The summed E-state index contributed by atoms with van der Waals surface area (Å²) in [7, 11) is 0. The van der Waals surface area contributed by atoms with Crippen LogP contribution in [0.25, 0.3) is 0 Å². The summed E-state index contributed by atoms with van der Waals surface area (Å²) < 4.78 is 14.6. The van der Waals surface area contributed by atoms with Gasteiger partial charge in [-0.15, -0.1) is 0 Å². The second-order valence-corrected chi connectivity index (χ2v) is 3.07. The molecule has 76 valence electrons. The molecule has 0 radical (unpaired) electrons. The second kappa shape index (κ2) is 3.79. The van der Waals surface area contributed by atoms with Crippen LogP contribution in [0.15, 0.2) is 10.8 Å². The third kappa shape index (κ3) is 1.50. The summed E-state index contributed by atoms with van der Waals surface area (Å²) >= 11 is 0. The fourth-order valence-electron chi connectivity index (χ4n) is 1.29. The average molecular weight is 197 g/mol. The largest absolute Gasteiger partial charge is 0.462 e. The molecule has 0 unspecified atom stereocenters. The summed E-state index contributed by atoms with van der Waals surface area (Å²) in [5.41, 5.74) is 1.06. The van der Waals surface area contributed by atoms with Crippen molar-refractivity contribution in [2.24, 2.45) is 0 Å². The molecule has 1 aliphatic heterocycles. The highest BCUT2D eigenvalue weighted by molar-refractivity contribution is 5.90. The van der Waals surface area contributed by atoms with E-state index in [4.69, 9.17) is 14.0 Å². The Kier molecular flexibility index (Phi) is 2.49. The van der Waals surface area contributed by atoms with Gasteiger partial charge in [0, 0.05) is 0 Å². The smallest absolute Gasteiger partial charge is 0.343 e. The van der Waals surface area contributed by atoms with Crippen molar-refractivity contribution in [3.63, 3.8) is 0 Å². The van der Waals surface area contributed by atoms with Crippen molar-refractivity contribution in [3.05, 3.63) is 17.5 Å². The molecule has 1 fully saturated rings. The van der Waals surface area contributed by atoms with Crippen LogP contribution >= 0.6 is 0 Å². The normalized spacial score (nSPS) is 16.4. The van der Waals surface area contributed by atoms with Gasteiger partial charge >= 0.3 is 5.97 Å². The fourth-order valence-corrected chi connectivity index (χ4v) is 1.29. The van der Waals surface area contributed by atoms with Gasteiger partial charge < -0.3 is 14.0 Å². The summed E-state index contributed by atoms with van der Waals surface area (Å²) in [4.78, 5) is 11.4. The van der Waals surface area contributed by atoms with E-state index in [9.17, 15) is 4.79 Å². The Bertz CT molecular complexity index is 329. The minimum atomic E-state index is -0.379. The average Bonchev–Trinajstić information content (AvgIpc) is 2.50. The van der Waals surface area contributed by atoms with E-state index < -0.39 is 0 Å². The van der Waals surface area contributed by atoms with Gasteiger partial charge in [-0.3, -0.25) is 0 Å². The quantitative estimate of drug-likeness (QED) is 0.675. The predicted molar refractivity (Wildman–Crippen MR) is 46.0 cm³/mol. The molecule has 0 atom stereocenters. The number of ether oxygens (including phenoxy) is 2. The van der Waals surface area contributed by atoms with E-state index in [-0.39, 0.29) is 11.9 Å². The highest BCUT2D eigenvalue weighted by atomic mass is 16.5. The zero-order valence-electron chi connectivity index (χ0n) is 7.86. The lowest BCUT2D eigenvalue weighted by Gasteiger charge is -2.24. The van der Waals surface area contributed by atoms with E-state index in [1.807, 2.05) is 0 Å². The van der Waals surface area contributed by atoms with Gasteiger partial charge in [-0.25, -0.2) is 4.79 Å². The summed E-state index contributed by atoms with van der Waals surface area (Å²) in [5, 5.41) is 3.79. The monoisotopic (exact) mass is 197 g/mol. The lowest BCUT2D eigenvalue weighted by Crippen LogP contribution is -2.27. The molecule has 5 nitrogen and oxygen atoms in total. The minimum absolute atomic E-state index is 0.174. The van der Waals surface area contributed by atoms with E-state index in [2.05, 4.69) is 5.16 Å². The summed E-state index contributed by atoms with van der Waals surface area (Å²) in [6, 6.07) is 0. The Morgan fingerprint density at radius 2 is 2.50 bits per heavy atom. The number of aromatic nitrogens is 1. The zero-order valence-corrected chi connectivity index (χ0v) is 7.86. The van der Waals surface area contributed by atoms with Gasteiger partial charge in [0.15, 0.2) is 0 Å². The lowest BCUT2D eigenvalue weighted by molar-refractivity contribution is 0.00488. The molecule has 0 N–H and O–H groups in total. The Hall–Kier alpha value is -1.36. The molecule has 0 spiro atoms. The van der Waals surface area contributed by atoms with E-state index >= 15 is 0 Å². The molecule has 14 heavy (non-hydrogen) atoms. The van der Waals surface area contributed by atoms with Crippen LogP contribution in [0.5, 0.6) is 0 Å². The SMILES string of the molecule is CCOC(=O)c1conc1C1COC1. The van der Waals surface area contributed by atoms with Crippen molar-refractivity contribution in [2.45, 2.75) is 12.8 Å². The van der Waals surface area contributed by atoms with Gasteiger partial charge in [0.2, 0.25) is 0 Å². The Morgan fingerprint density at radius 1 is 1.71 bits per heavy atom. The van der Waals surface area contributed by atoms with E-state index in [0.29, 0.717) is 31.1 Å². The van der Waals surface area contributed by atoms with E-state index in [1.54, 1.807) is 6.92 Å². The number of carbonyl (C=O) groups is 1. The predicted octanol–water partition coefficient (Wildman–Crippen LogP) is 0.965. The molecular weight excluding hydrogens is 186 g/mol. The molecule has 2 rings (SSSR count). The molecule has 1 saturated heterocycles. The van der Waals surface area contributed by atoms with Gasteiger partial charge in [0.1, 0.15) is 17.5 Å². The van der Waals surface area contributed by atoms with Crippen LogP contribution in [-0.4, -0.2) is 30.9 Å². The third-order valence-electron chi connectivity index (χ3n) is 2.12. The number of esters is 1. The molecule has 1 aromatic rings. The van der Waals surface area contributed by atoms with Crippen LogP contribution in [0.1, 0.15) is 28.9 Å². The first kappa shape index (κ1) is 9.21. The van der Waals surface area contributed by atoms with Gasteiger partial charge in [-0.1, -0.05) is 5.16 Å². The maximum absolute atomic E-state index is 11.4. The van der Waals surface area contributed by atoms with E-state index in [0.717, 1.165) is 0 Å². The molecule has 0 aliphatic carbocycles. The van der Waals surface area contributed by atoms with Gasteiger partial charge in [-0.05, 0) is 6.92 Å². The maximum atomic E-state index is 11.4. The fraction of sp³-hybridized carbons (Fsp3) is 0.556. The lowest BCUT2D eigenvalue weighted by atomic mass is 10.0. The first-order valence-corrected chi connectivity index (χ1v) is 4.52. The number of rotatable bonds is 3. The summed E-state index contributed by atoms with van der Waals surface area (Å²) in [6.45, 7) is 3.31. The molecule has 1 aliphatic rings. The molecule has 0 saturated carbocycles. The molecule has 0 aromatic carbocycles. The van der Waals surface area contributed by atoms with E-state index in [1.165, 1.54) is 6.26 Å². The molecular formula is C9H11NO4. The van der Waals surface area contributed by atoms with Crippen LogP contribution in [0.3, 0.4) is 0 Å². The first-order chi connectivity index (χ1) is 6.83. The van der Waals surface area contributed by atoms with Gasteiger partial charge in [0.05, 0.1) is 25.7 Å². The van der Waals surface area contributed by atoms with Crippen LogP contribution in [-0.2, 0) is 9.47 Å². The number of nitrogens with zero attached hydrogens (tertiary/aromatic N) is 1. The number of hydrogen-bond donors (Lipinski definition) is 0. The molecule has 0 bridgehead atoms. The van der Waals surface area contributed by atoms with Crippen molar-refractivity contribution in [3.8, 4) is 0 Å².